The minimum atomic E-state index is -0.00128. The SMILES string of the molecule is CCC(C)c1ccc2c(c1)C1OCCOC1C(c1ccccc1C)N2. The predicted octanol–water partition coefficient (Wildman–Crippen LogP) is 5.13. The summed E-state index contributed by atoms with van der Waals surface area (Å²) in [6.45, 7) is 8.00. The number of hydrogen-bond donors (Lipinski definition) is 1. The van der Waals surface area contributed by atoms with Gasteiger partial charge in [-0.1, -0.05) is 50.2 Å². The lowest BCUT2D eigenvalue weighted by atomic mass is 9.84. The molecule has 25 heavy (non-hydrogen) atoms. The second-order valence-electron chi connectivity index (χ2n) is 7.26. The minimum Gasteiger partial charge on any atom is -0.375 e. The molecule has 0 aliphatic carbocycles. The van der Waals surface area contributed by atoms with Gasteiger partial charge in [-0.3, -0.25) is 0 Å². The Hall–Kier alpha value is -1.84. The van der Waals surface area contributed by atoms with E-state index in [9.17, 15) is 0 Å². The van der Waals surface area contributed by atoms with E-state index in [0.717, 1.165) is 6.42 Å². The molecule has 4 rings (SSSR count). The van der Waals surface area contributed by atoms with E-state index in [4.69, 9.17) is 9.47 Å². The summed E-state index contributed by atoms with van der Waals surface area (Å²) in [6.07, 6.45) is 1.15. The minimum absolute atomic E-state index is 0.00128. The first-order chi connectivity index (χ1) is 12.2. The summed E-state index contributed by atoms with van der Waals surface area (Å²) < 4.78 is 12.4. The Morgan fingerprint density at radius 1 is 1.08 bits per heavy atom. The number of anilines is 1. The molecule has 1 N–H and O–H groups in total. The van der Waals surface area contributed by atoms with E-state index in [1.54, 1.807) is 0 Å². The van der Waals surface area contributed by atoms with Crippen molar-refractivity contribution >= 4 is 5.69 Å². The molecular formula is C22H27NO2. The Labute approximate surface area is 150 Å². The molecule has 3 nitrogen and oxygen atoms in total. The number of fused-ring (bicyclic) bond motifs is 3. The number of benzene rings is 2. The highest BCUT2D eigenvalue weighted by molar-refractivity contribution is 5.59. The normalized spacial score (nSPS) is 26.3. The number of ether oxygens (including phenoxy) is 2. The molecule has 0 aromatic heterocycles. The van der Waals surface area contributed by atoms with Crippen molar-refractivity contribution in [1.82, 2.24) is 0 Å². The first-order valence-corrected chi connectivity index (χ1v) is 9.38. The van der Waals surface area contributed by atoms with Gasteiger partial charge >= 0.3 is 0 Å². The maximum absolute atomic E-state index is 6.20. The highest BCUT2D eigenvalue weighted by Gasteiger charge is 2.41. The van der Waals surface area contributed by atoms with Gasteiger partial charge < -0.3 is 14.8 Å². The Bertz CT molecular complexity index is 757. The molecule has 0 radical (unpaired) electrons. The Morgan fingerprint density at radius 3 is 2.68 bits per heavy atom. The van der Waals surface area contributed by atoms with Gasteiger partial charge in [0, 0.05) is 11.3 Å². The van der Waals surface area contributed by atoms with Gasteiger partial charge in [0.2, 0.25) is 0 Å². The monoisotopic (exact) mass is 337 g/mol. The molecule has 3 heteroatoms. The second kappa shape index (κ2) is 6.81. The maximum atomic E-state index is 6.20. The fourth-order valence-electron chi connectivity index (χ4n) is 4.01. The fraction of sp³-hybridized carbons (Fsp3) is 0.455. The summed E-state index contributed by atoms with van der Waals surface area (Å²) in [6, 6.07) is 15.5. The third kappa shape index (κ3) is 2.96. The lowest BCUT2D eigenvalue weighted by Gasteiger charge is -2.43. The molecule has 2 aromatic rings. The standard InChI is InChI=1S/C22H27NO2/c1-4-14(2)16-9-10-19-18(13-16)21-22(25-12-11-24-21)20(23-19)17-8-6-5-7-15(17)3/h5-10,13-14,20-23H,4,11-12H2,1-3H3. The average molecular weight is 337 g/mol. The molecule has 2 aromatic carbocycles. The zero-order valence-corrected chi connectivity index (χ0v) is 15.3. The second-order valence-corrected chi connectivity index (χ2v) is 7.26. The molecule has 0 amide bonds. The molecule has 0 spiro atoms. The number of nitrogens with one attached hydrogen (secondary N) is 1. The van der Waals surface area contributed by atoms with Crippen molar-refractivity contribution < 1.29 is 9.47 Å². The van der Waals surface area contributed by atoms with Gasteiger partial charge in [-0.2, -0.15) is 0 Å². The lowest BCUT2D eigenvalue weighted by molar-refractivity contribution is -0.151. The van der Waals surface area contributed by atoms with Crippen LogP contribution in [-0.2, 0) is 9.47 Å². The van der Waals surface area contributed by atoms with Crippen LogP contribution in [0.15, 0.2) is 42.5 Å². The van der Waals surface area contributed by atoms with Crippen molar-refractivity contribution in [2.75, 3.05) is 18.5 Å². The molecule has 4 atom stereocenters. The van der Waals surface area contributed by atoms with Gasteiger partial charge in [-0.15, -0.1) is 0 Å². The van der Waals surface area contributed by atoms with Gasteiger partial charge in [0.1, 0.15) is 12.2 Å². The van der Waals surface area contributed by atoms with Crippen LogP contribution in [0.25, 0.3) is 0 Å². The van der Waals surface area contributed by atoms with Gasteiger partial charge in [0.25, 0.3) is 0 Å². The number of rotatable bonds is 3. The molecule has 2 aliphatic heterocycles. The zero-order chi connectivity index (χ0) is 17.4. The average Bonchev–Trinajstić information content (AvgIpc) is 2.67. The summed E-state index contributed by atoms with van der Waals surface area (Å²) in [5.74, 6) is 0.558. The molecule has 2 heterocycles. The van der Waals surface area contributed by atoms with Crippen molar-refractivity contribution in [3.63, 3.8) is 0 Å². The van der Waals surface area contributed by atoms with Crippen LogP contribution >= 0.6 is 0 Å². The third-order valence-electron chi connectivity index (χ3n) is 5.72. The smallest absolute Gasteiger partial charge is 0.113 e. The van der Waals surface area contributed by atoms with Crippen LogP contribution in [0.5, 0.6) is 0 Å². The van der Waals surface area contributed by atoms with Crippen molar-refractivity contribution in [3.8, 4) is 0 Å². The van der Waals surface area contributed by atoms with E-state index < -0.39 is 0 Å². The van der Waals surface area contributed by atoms with Crippen LogP contribution in [0.2, 0.25) is 0 Å². The summed E-state index contributed by atoms with van der Waals surface area (Å²) in [7, 11) is 0. The quantitative estimate of drug-likeness (QED) is 0.842. The van der Waals surface area contributed by atoms with E-state index >= 15 is 0 Å². The molecule has 1 saturated heterocycles. The molecule has 132 valence electrons. The summed E-state index contributed by atoms with van der Waals surface area (Å²) in [5.41, 5.74) is 6.37. The molecule has 0 saturated carbocycles. The van der Waals surface area contributed by atoms with Crippen molar-refractivity contribution in [3.05, 3.63) is 64.7 Å². The number of aryl methyl sites for hydroxylation is 1. The van der Waals surface area contributed by atoms with Crippen molar-refractivity contribution in [2.24, 2.45) is 0 Å². The first kappa shape index (κ1) is 16.6. The summed E-state index contributed by atoms with van der Waals surface area (Å²) in [5, 5.41) is 3.73. The van der Waals surface area contributed by atoms with Gasteiger partial charge in [-0.25, -0.2) is 0 Å². The van der Waals surface area contributed by atoms with Crippen LogP contribution in [0.1, 0.15) is 60.6 Å². The summed E-state index contributed by atoms with van der Waals surface area (Å²) >= 11 is 0. The zero-order valence-electron chi connectivity index (χ0n) is 15.3. The van der Waals surface area contributed by atoms with E-state index in [-0.39, 0.29) is 18.2 Å². The van der Waals surface area contributed by atoms with Crippen LogP contribution in [-0.4, -0.2) is 19.3 Å². The van der Waals surface area contributed by atoms with E-state index in [0.29, 0.717) is 19.1 Å². The highest BCUT2D eigenvalue weighted by Crippen LogP contribution is 2.45. The van der Waals surface area contributed by atoms with Crippen LogP contribution in [0.4, 0.5) is 5.69 Å². The topological polar surface area (TPSA) is 30.5 Å². The van der Waals surface area contributed by atoms with Gasteiger partial charge in [0.05, 0.1) is 19.3 Å². The van der Waals surface area contributed by atoms with Crippen LogP contribution in [0.3, 0.4) is 0 Å². The van der Waals surface area contributed by atoms with Crippen molar-refractivity contribution in [1.29, 1.82) is 0 Å². The van der Waals surface area contributed by atoms with Crippen molar-refractivity contribution in [2.45, 2.75) is 51.4 Å². The molecular weight excluding hydrogens is 310 g/mol. The molecule has 2 aliphatic rings. The Morgan fingerprint density at radius 2 is 1.88 bits per heavy atom. The molecule has 0 bridgehead atoms. The highest BCUT2D eigenvalue weighted by atomic mass is 16.6. The first-order valence-electron chi connectivity index (χ1n) is 9.38. The van der Waals surface area contributed by atoms with Gasteiger partial charge in [0.15, 0.2) is 0 Å². The van der Waals surface area contributed by atoms with Crippen LogP contribution < -0.4 is 5.32 Å². The van der Waals surface area contributed by atoms with Crippen LogP contribution in [0, 0.1) is 6.92 Å². The molecule has 4 unspecified atom stereocenters. The fourth-order valence-corrected chi connectivity index (χ4v) is 4.01. The third-order valence-corrected chi connectivity index (χ3v) is 5.72. The lowest BCUT2D eigenvalue weighted by Crippen LogP contribution is -2.43. The Kier molecular flexibility index (Phi) is 4.53. The largest absolute Gasteiger partial charge is 0.375 e. The van der Waals surface area contributed by atoms with E-state index in [1.165, 1.54) is 27.9 Å². The maximum Gasteiger partial charge on any atom is 0.113 e. The Balaban J connectivity index is 1.76. The number of hydrogen-bond acceptors (Lipinski definition) is 3. The molecule has 1 fully saturated rings. The van der Waals surface area contributed by atoms with Gasteiger partial charge in [-0.05, 0) is 42.0 Å². The summed E-state index contributed by atoms with van der Waals surface area (Å²) in [4.78, 5) is 0. The van der Waals surface area contributed by atoms with E-state index in [2.05, 4.69) is 68.6 Å². The van der Waals surface area contributed by atoms with E-state index in [1.807, 2.05) is 0 Å². The predicted molar refractivity (Wildman–Crippen MR) is 101 cm³/mol.